The Hall–Kier alpha value is -0.0600. The van der Waals surface area contributed by atoms with Crippen molar-refractivity contribution in [3.05, 3.63) is 35.9 Å². The van der Waals surface area contributed by atoms with Crippen LogP contribution >= 0.6 is 7.26 Å². The molecule has 1 aromatic carbocycles. The zero-order valence-electron chi connectivity index (χ0n) is 17.3. The summed E-state index contributed by atoms with van der Waals surface area (Å²) in [5.41, 5.74) is 5.02. The molecule has 0 nitrogen and oxygen atoms in total. The average Bonchev–Trinajstić information content (AvgIpc) is 2.75. The molecule has 152 valence electrons. The summed E-state index contributed by atoms with van der Waals surface area (Å²) in [5.74, 6) is 0. The molecule has 0 radical (unpaired) electrons. The minimum Gasteiger partial charge on any atom is -1.00 e. The topological polar surface area (TPSA) is 0 Å². The Balaban J connectivity index is 0.00000210. The summed E-state index contributed by atoms with van der Waals surface area (Å²) in [6.07, 6.45) is 24.7. The van der Waals surface area contributed by atoms with Crippen LogP contribution in [0.25, 0.3) is 0 Å². The Bertz CT molecular complexity index is 479. The third kappa shape index (κ3) is 4.93. The number of hydrogen-bond donors (Lipinski definition) is 0. The van der Waals surface area contributed by atoms with Crippen molar-refractivity contribution in [2.45, 2.75) is 119 Å². The molecule has 0 spiro atoms. The van der Waals surface area contributed by atoms with Gasteiger partial charge in [-0.05, 0) is 82.6 Å². The molecule has 1 aromatic rings. The average molecular weight is 407 g/mol. The minimum atomic E-state index is -0.944. The molecule has 3 fully saturated rings. The number of halogens is 1. The number of benzene rings is 1. The first-order valence-electron chi connectivity index (χ1n) is 11.8. The van der Waals surface area contributed by atoms with Gasteiger partial charge in [0.15, 0.2) is 0 Å². The van der Waals surface area contributed by atoms with Crippen molar-refractivity contribution in [2.24, 2.45) is 0 Å². The lowest BCUT2D eigenvalue weighted by atomic mass is 9.99. The van der Waals surface area contributed by atoms with Gasteiger partial charge in [0.1, 0.15) is 0 Å². The summed E-state index contributed by atoms with van der Waals surface area (Å²) in [6, 6.07) is 11.7. The van der Waals surface area contributed by atoms with E-state index in [0.29, 0.717) is 0 Å². The predicted octanol–water partition coefficient (Wildman–Crippen LogP) is 5.21. The second-order valence-corrected chi connectivity index (χ2v) is 14.0. The smallest absolute Gasteiger partial charge is 0.0850 e. The Morgan fingerprint density at radius 1 is 0.556 bits per heavy atom. The van der Waals surface area contributed by atoms with Gasteiger partial charge in [0.25, 0.3) is 0 Å². The molecular weight excluding hydrogens is 367 g/mol. The standard InChI is InChI=1S/C25H40P.ClH/c1-5-13-22(14-6-1)21-26(23-15-7-2-8-16-23,24-17-9-3-10-18-24)25-19-11-4-12-20-25;/h1,5-6,13-14,23-25H,2-4,7-12,15-21H2;1H/q+1;/p-1. The van der Waals surface area contributed by atoms with E-state index in [2.05, 4.69) is 30.3 Å². The summed E-state index contributed by atoms with van der Waals surface area (Å²) in [7, 11) is -0.944. The van der Waals surface area contributed by atoms with Crippen LogP contribution in [0.2, 0.25) is 0 Å². The van der Waals surface area contributed by atoms with Crippen molar-refractivity contribution < 1.29 is 12.4 Å². The summed E-state index contributed by atoms with van der Waals surface area (Å²) >= 11 is 0. The molecule has 0 bridgehead atoms. The van der Waals surface area contributed by atoms with Gasteiger partial charge < -0.3 is 12.4 Å². The van der Waals surface area contributed by atoms with Gasteiger partial charge in [-0.15, -0.1) is 0 Å². The highest BCUT2D eigenvalue weighted by molar-refractivity contribution is 7.77. The van der Waals surface area contributed by atoms with Crippen molar-refractivity contribution in [3.63, 3.8) is 0 Å². The molecule has 0 aromatic heterocycles. The second kappa shape index (κ2) is 10.6. The molecule has 3 aliphatic rings. The van der Waals surface area contributed by atoms with Gasteiger partial charge in [-0.1, -0.05) is 49.6 Å². The van der Waals surface area contributed by atoms with E-state index >= 15 is 0 Å². The maximum atomic E-state index is 2.46. The van der Waals surface area contributed by atoms with Gasteiger partial charge in [-0.25, -0.2) is 0 Å². The van der Waals surface area contributed by atoms with E-state index < -0.39 is 7.26 Å². The molecule has 2 heteroatoms. The molecule has 0 heterocycles. The van der Waals surface area contributed by atoms with Gasteiger partial charge in [-0.2, -0.15) is 0 Å². The molecule has 0 N–H and O–H groups in total. The first kappa shape index (κ1) is 21.6. The van der Waals surface area contributed by atoms with Gasteiger partial charge >= 0.3 is 0 Å². The second-order valence-electron chi connectivity index (χ2n) is 9.51. The highest BCUT2D eigenvalue weighted by atomic mass is 35.5. The molecule has 4 rings (SSSR count). The molecule has 0 amide bonds. The number of hydrogen-bond acceptors (Lipinski definition) is 0. The van der Waals surface area contributed by atoms with Gasteiger partial charge in [0.2, 0.25) is 0 Å². The third-order valence-electron chi connectivity index (χ3n) is 8.06. The minimum absolute atomic E-state index is 0. The van der Waals surface area contributed by atoms with E-state index in [1.54, 1.807) is 44.1 Å². The zero-order valence-corrected chi connectivity index (χ0v) is 18.9. The van der Waals surface area contributed by atoms with Gasteiger partial charge in [-0.3, -0.25) is 0 Å². The quantitative estimate of drug-likeness (QED) is 0.589. The molecule has 3 saturated carbocycles. The van der Waals surface area contributed by atoms with E-state index in [4.69, 9.17) is 0 Å². The third-order valence-corrected chi connectivity index (χ3v) is 14.6. The summed E-state index contributed by atoms with van der Waals surface area (Å²) in [5, 5.41) is 0. The van der Waals surface area contributed by atoms with Crippen LogP contribution in [-0.4, -0.2) is 17.0 Å². The molecule has 27 heavy (non-hydrogen) atoms. The van der Waals surface area contributed by atoms with Crippen LogP contribution in [0.3, 0.4) is 0 Å². The highest BCUT2D eigenvalue weighted by Crippen LogP contribution is 2.78. The van der Waals surface area contributed by atoms with Crippen molar-refractivity contribution in [2.75, 3.05) is 0 Å². The van der Waals surface area contributed by atoms with Gasteiger partial charge in [0, 0.05) is 7.26 Å². The van der Waals surface area contributed by atoms with E-state index in [1.807, 2.05) is 0 Å². The zero-order chi connectivity index (χ0) is 17.7. The lowest BCUT2D eigenvalue weighted by molar-refractivity contribution is -0.00000544. The first-order valence-corrected chi connectivity index (χ1v) is 14.0. The van der Waals surface area contributed by atoms with Crippen LogP contribution in [0.1, 0.15) is 102 Å². The van der Waals surface area contributed by atoms with Crippen LogP contribution in [0.15, 0.2) is 30.3 Å². The molecule has 0 atom stereocenters. The van der Waals surface area contributed by atoms with Crippen molar-refractivity contribution in [1.82, 2.24) is 0 Å². The Morgan fingerprint density at radius 3 is 1.30 bits per heavy atom. The fourth-order valence-corrected chi connectivity index (χ4v) is 14.3. The fourth-order valence-electron chi connectivity index (χ4n) is 6.87. The fraction of sp³-hybridized carbons (Fsp3) is 0.760. The van der Waals surface area contributed by atoms with Crippen LogP contribution in [0.5, 0.6) is 0 Å². The van der Waals surface area contributed by atoms with Crippen LogP contribution in [-0.2, 0) is 6.16 Å². The lowest BCUT2D eigenvalue weighted by Crippen LogP contribution is -3.00. The molecular formula is C25H40ClP. The molecule has 0 unspecified atom stereocenters. The van der Waals surface area contributed by atoms with E-state index in [9.17, 15) is 0 Å². The Morgan fingerprint density at radius 2 is 0.926 bits per heavy atom. The van der Waals surface area contributed by atoms with Crippen molar-refractivity contribution >= 4 is 7.26 Å². The highest BCUT2D eigenvalue weighted by Gasteiger charge is 2.56. The summed E-state index contributed by atoms with van der Waals surface area (Å²) in [6.45, 7) is 0. The lowest BCUT2D eigenvalue weighted by Gasteiger charge is -2.49. The number of rotatable bonds is 5. The van der Waals surface area contributed by atoms with Gasteiger partial charge in [0.05, 0.1) is 23.1 Å². The van der Waals surface area contributed by atoms with E-state index in [-0.39, 0.29) is 12.4 Å². The van der Waals surface area contributed by atoms with Crippen LogP contribution < -0.4 is 12.4 Å². The maximum Gasteiger partial charge on any atom is 0.0850 e. The largest absolute Gasteiger partial charge is 1.00 e. The van der Waals surface area contributed by atoms with Crippen molar-refractivity contribution in [1.29, 1.82) is 0 Å². The SMILES string of the molecule is [Cl-].c1ccc(C[P+](C2CCCCC2)(C2CCCCC2)C2CCCCC2)cc1. The molecule has 0 saturated heterocycles. The predicted molar refractivity (Wildman–Crippen MR) is 118 cm³/mol. The first-order chi connectivity index (χ1) is 12.9. The Kier molecular flexibility index (Phi) is 8.53. The molecule has 0 aliphatic heterocycles. The van der Waals surface area contributed by atoms with Crippen LogP contribution in [0.4, 0.5) is 0 Å². The summed E-state index contributed by atoms with van der Waals surface area (Å²) < 4.78 is 0. The normalized spacial score (nSPS) is 23.7. The maximum absolute atomic E-state index is 2.46. The monoisotopic (exact) mass is 406 g/mol. The van der Waals surface area contributed by atoms with Crippen molar-refractivity contribution in [3.8, 4) is 0 Å². The summed E-state index contributed by atoms with van der Waals surface area (Å²) in [4.78, 5) is 0. The molecule has 3 aliphatic carbocycles. The Labute approximate surface area is 175 Å². The van der Waals surface area contributed by atoms with E-state index in [0.717, 1.165) is 17.0 Å². The van der Waals surface area contributed by atoms with E-state index in [1.165, 1.54) is 63.9 Å². The van der Waals surface area contributed by atoms with Crippen LogP contribution in [0, 0.1) is 0 Å².